The van der Waals surface area contributed by atoms with Gasteiger partial charge in [0.05, 0.1) is 30.7 Å². The summed E-state index contributed by atoms with van der Waals surface area (Å²) in [4.78, 5) is 12.7. The van der Waals surface area contributed by atoms with E-state index in [0.717, 1.165) is 17.8 Å². The van der Waals surface area contributed by atoms with Crippen molar-refractivity contribution < 1.29 is 22.7 Å². The van der Waals surface area contributed by atoms with E-state index in [1.165, 1.54) is 12.1 Å². The van der Waals surface area contributed by atoms with Crippen LogP contribution in [0.15, 0.2) is 30.5 Å². The quantitative estimate of drug-likeness (QED) is 0.848. The van der Waals surface area contributed by atoms with Crippen LogP contribution >= 0.6 is 0 Å². The average molecular weight is 396 g/mol. The zero-order valence-corrected chi connectivity index (χ0v) is 15.6. The lowest BCUT2D eigenvalue weighted by Crippen LogP contribution is -2.36. The molecule has 0 aliphatic carbocycles. The molecule has 28 heavy (non-hydrogen) atoms. The van der Waals surface area contributed by atoms with Crippen molar-refractivity contribution in [1.29, 1.82) is 0 Å². The Kier molecular flexibility index (Phi) is 6.33. The molecule has 1 aliphatic heterocycles. The Morgan fingerprint density at radius 1 is 1.29 bits per heavy atom. The van der Waals surface area contributed by atoms with Crippen molar-refractivity contribution in [3.8, 4) is 0 Å². The number of carbonyl (C=O) groups is 1. The van der Waals surface area contributed by atoms with Crippen molar-refractivity contribution in [2.45, 2.75) is 39.1 Å². The van der Waals surface area contributed by atoms with Gasteiger partial charge < -0.3 is 10.1 Å². The number of nitrogens with one attached hydrogen (secondary N) is 1. The number of benzene rings is 1. The van der Waals surface area contributed by atoms with Gasteiger partial charge in [-0.25, -0.2) is 4.68 Å². The summed E-state index contributed by atoms with van der Waals surface area (Å²) in [5.41, 5.74) is 0.831. The Morgan fingerprint density at radius 2 is 2.04 bits per heavy atom. The molecular weight excluding hydrogens is 373 g/mol. The molecule has 0 saturated heterocycles. The molecule has 0 saturated carbocycles. The van der Waals surface area contributed by atoms with Gasteiger partial charge in [0, 0.05) is 19.0 Å². The molecule has 0 bridgehead atoms. The van der Waals surface area contributed by atoms with Gasteiger partial charge in [0.1, 0.15) is 0 Å². The van der Waals surface area contributed by atoms with E-state index in [4.69, 9.17) is 4.74 Å². The number of hydrogen-bond donors (Lipinski definition) is 1. The monoisotopic (exact) mass is 396 g/mol. The van der Waals surface area contributed by atoms with E-state index in [2.05, 4.69) is 15.6 Å². The maximum Gasteiger partial charge on any atom is 0.416 e. The van der Waals surface area contributed by atoms with E-state index in [9.17, 15) is 18.0 Å². The minimum Gasteiger partial charge on any atom is -0.375 e. The highest BCUT2D eigenvalue weighted by molar-refractivity contribution is 5.78. The molecule has 2 heterocycles. The Labute approximate surface area is 161 Å². The third-order valence-electron chi connectivity index (χ3n) is 4.80. The van der Waals surface area contributed by atoms with E-state index in [0.29, 0.717) is 44.7 Å². The lowest BCUT2D eigenvalue weighted by atomic mass is 9.94. The van der Waals surface area contributed by atoms with Gasteiger partial charge in [-0.05, 0) is 36.5 Å². The van der Waals surface area contributed by atoms with Crippen molar-refractivity contribution in [2.24, 2.45) is 11.8 Å². The predicted octanol–water partition coefficient (Wildman–Crippen LogP) is 2.83. The largest absolute Gasteiger partial charge is 0.416 e. The van der Waals surface area contributed by atoms with Crippen LogP contribution in [0.4, 0.5) is 13.2 Å². The number of halogens is 3. The molecule has 1 N–H and O–H groups in total. The second-order valence-electron chi connectivity index (χ2n) is 7.20. The van der Waals surface area contributed by atoms with Gasteiger partial charge in [-0.1, -0.05) is 24.3 Å². The van der Waals surface area contributed by atoms with E-state index in [-0.39, 0.29) is 17.7 Å². The molecule has 0 spiro atoms. The van der Waals surface area contributed by atoms with Gasteiger partial charge in [0.2, 0.25) is 5.91 Å². The number of carbonyl (C=O) groups excluding carboxylic acids is 1. The molecule has 1 aliphatic rings. The van der Waals surface area contributed by atoms with E-state index in [1.807, 2.05) is 6.92 Å². The lowest BCUT2D eigenvalue weighted by molar-refractivity contribution is -0.137. The molecule has 152 valence electrons. The summed E-state index contributed by atoms with van der Waals surface area (Å²) in [5.74, 6) is -0.352. The Morgan fingerprint density at radius 3 is 2.75 bits per heavy atom. The molecule has 3 rings (SSSR count). The maximum absolute atomic E-state index is 12.8. The van der Waals surface area contributed by atoms with Crippen molar-refractivity contribution in [3.05, 3.63) is 47.3 Å². The molecule has 2 atom stereocenters. The average Bonchev–Trinajstić information content (AvgIpc) is 3.09. The molecular formula is C19H23F3N4O2. The maximum atomic E-state index is 12.8. The Balaban J connectivity index is 1.75. The smallest absolute Gasteiger partial charge is 0.375 e. The fourth-order valence-corrected chi connectivity index (χ4v) is 3.14. The highest BCUT2D eigenvalue weighted by Gasteiger charge is 2.30. The molecule has 1 amide bonds. The predicted molar refractivity (Wildman–Crippen MR) is 95.1 cm³/mol. The highest BCUT2D eigenvalue weighted by atomic mass is 19.4. The SMILES string of the molecule is C[C@H]1CNC(=O)[C@@H](Cc2ccc(C(F)(F)F)cc2)CCn2nncc2COC1. The molecule has 1 aromatic heterocycles. The number of fused-ring (bicyclic) bond motifs is 1. The zero-order valence-electron chi connectivity index (χ0n) is 15.6. The molecule has 2 aromatic rings. The fraction of sp³-hybridized carbons (Fsp3) is 0.526. The molecule has 9 heteroatoms. The van der Waals surface area contributed by atoms with Gasteiger partial charge in [-0.2, -0.15) is 13.2 Å². The summed E-state index contributed by atoms with van der Waals surface area (Å²) in [6, 6.07) is 4.97. The van der Waals surface area contributed by atoms with Crippen molar-refractivity contribution in [2.75, 3.05) is 13.2 Å². The van der Waals surface area contributed by atoms with Gasteiger partial charge in [-0.3, -0.25) is 4.79 Å². The van der Waals surface area contributed by atoms with Crippen molar-refractivity contribution in [1.82, 2.24) is 20.3 Å². The van der Waals surface area contributed by atoms with E-state index in [1.54, 1.807) is 10.9 Å². The van der Waals surface area contributed by atoms with Gasteiger partial charge in [0.25, 0.3) is 0 Å². The summed E-state index contributed by atoms with van der Waals surface area (Å²) in [5, 5.41) is 10.9. The summed E-state index contributed by atoms with van der Waals surface area (Å²) in [6.07, 6.45) is -1.87. The lowest BCUT2D eigenvalue weighted by Gasteiger charge is -2.21. The minimum absolute atomic E-state index is 0.117. The van der Waals surface area contributed by atoms with Crippen LogP contribution in [0.25, 0.3) is 0 Å². The Hall–Kier alpha value is -2.42. The number of alkyl halides is 3. The number of amides is 1. The first-order chi connectivity index (χ1) is 13.3. The first kappa shape index (κ1) is 20.3. The first-order valence-corrected chi connectivity index (χ1v) is 9.22. The van der Waals surface area contributed by atoms with Crippen molar-refractivity contribution in [3.63, 3.8) is 0 Å². The summed E-state index contributed by atoms with van der Waals surface area (Å²) >= 11 is 0. The van der Waals surface area contributed by atoms with Crippen LogP contribution in [-0.2, 0) is 35.3 Å². The number of rotatable bonds is 2. The molecule has 0 unspecified atom stereocenters. The summed E-state index contributed by atoms with van der Waals surface area (Å²) in [6.45, 7) is 3.84. The number of aromatic nitrogens is 3. The van der Waals surface area contributed by atoms with Crippen LogP contribution in [0.1, 0.15) is 30.2 Å². The number of ether oxygens (including phenoxy) is 1. The molecule has 1 aromatic carbocycles. The molecule has 6 nitrogen and oxygen atoms in total. The van der Waals surface area contributed by atoms with Crippen LogP contribution in [0.2, 0.25) is 0 Å². The van der Waals surface area contributed by atoms with Crippen LogP contribution < -0.4 is 5.32 Å². The van der Waals surface area contributed by atoms with Crippen LogP contribution in [-0.4, -0.2) is 34.1 Å². The third-order valence-corrected chi connectivity index (χ3v) is 4.80. The van der Waals surface area contributed by atoms with E-state index >= 15 is 0 Å². The fourth-order valence-electron chi connectivity index (χ4n) is 3.14. The van der Waals surface area contributed by atoms with Gasteiger partial charge in [-0.15, -0.1) is 5.10 Å². The number of hydrogen-bond acceptors (Lipinski definition) is 4. The van der Waals surface area contributed by atoms with Crippen LogP contribution in [0, 0.1) is 11.8 Å². The summed E-state index contributed by atoms with van der Waals surface area (Å²) < 4.78 is 45.6. The normalized spacial score (nSPS) is 21.9. The standard InChI is InChI=1S/C19H23F3N4O2/c1-13-9-23-18(27)15(6-7-26-17(10-24-25-26)12-28-11-13)8-14-2-4-16(5-3-14)19(20,21)22/h2-5,10,13,15H,6-9,11-12H2,1H3,(H,23,27)/t13-,15+/m0/s1. The Bertz CT molecular complexity index is 789. The topological polar surface area (TPSA) is 69.0 Å². The van der Waals surface area contributed by atoms with Gasteiger partial charge in [0.15, 0.2) is 0 Å². The van der Waals surface area contributed by atoms with Crippen LogP contribution in [0.5, 0.6) is 0 Å². The van der Waals surface area contributed by atoms with Crippen molar-refractivity contribution >= 4 is 5.91 Å². The van der Waals surface area contributed by atoms with E-state index < -0.39 is 11.7 Å². The first-order valence-electron chi connectivity index (χ1n) is 9.22. The third kappa shape index (κ3) is 5.31. The highest BCUT2D eigenvalue weighted by Crippen LogP contribution is 2.29. The molecule has 0 radical (unpaired) electrons. The van der Waals surface area contributed by atoms with Crippen LogP contribution in [0.3, 0.4) is 0 Å². The number of aryl methyl sites for hydroxylation is 1. The second-order valence-corrected chi connectivity index (χ2v) is 7.20. The second kappa shape index (κ2) is 8.72. The minimum atomic E-state index is -4.37. The summed E-state index contributed by atoms with van der Waals surface area (Å²) in [7, 11) is 0. The zero-order chi connectivity index (χ0) is 20.1. The molecule has 0 fully saturated rings. The number of nitrogens with zero attached hydrogens (tertiary/aromatic N) is 3. The van der Waals surface area contributed by atoms with Gasteiger partial charge >= 0.3 is 6.18 Å².